The zero-order valence-corrected chi connectivity index (χ0v) is 12.1. The smallest absolute Gasteiger partial charge is 0.168 e. The maximum absolute atomic E-state index is 12.5. The van der Waals surface area contributed by atoms with Gasteiger partial charge < -0.3 is 4.74 Å². The van der Waals surface area contributed by atoms with Crippen molar-refractivity contribution in [1.29, 1.82) is 0 Å². The minimum Gasteiger partial charge on any atom is -0.374 e. The van der Waals surface area contributed by atoms with E-state index in [1.54, 1.807) is 18.2 Å². The summed E-state index contributed by atoms with van der Waals surface area (Å²) in [6, 6.07) is 5.01. The maximum atomic E-state index is 12.5. The summed E-state index contributed by atoms with van der Waals surface area (Å²) in [6.07, 6.45) is 0.0497. The monoisotopic (exact) mass is 286 g/mol. The molecule has 1 aromatic rings. The number of ether oxygens (including phenoxy) is 1. The molecule has 98 valence electrons. The molecular formula is C14H16Cl2O2. The van der Waals surface area contributed by atoms with Gasteiger partial charge in [0.2, 0.25) is 0 Å². The normalized spacial score (nSPS) is 31.6. The summed E-state index contributed by atoms with van der Waals surface area (Å²) in [5.41, 5.74) is 0.603. The molecule has 4 heteroatoms. The van der Waals surface area contributed by atoms with E-state index in [2.05, 4.69) is 0 Å². The van der Waals surface area contributed by atoms with Crippen molar-refractivity contribution in [2.24, 2.45) is 11.8 Å². The standard InChI is InChI=1S/C14H16Cl2O2/c1-7-8(2)18-9(3)13(7)14(17)10-4-5-11(15)12(16)6-10/h4-9,13H,1-3H3. The molecule has 1 heterocycles. The van der Waals surface area contributed by atoms with Gasteiger partial charge in [0.1, 0.15) is 0 Å². The first-order valence-electron chi connectivity index (χ1n) is 6.06. The predicted octanol–water partition coefficient (Wildman–Crippen LogP) is 4.24. The van der Waals surface area contributed by atoms with Crippen LogP contribution in [0.3, 0.4) is 0 Å². The summed E-state index contributed by atoms with van der Waals surface area (Å²) in [6.45, 7) is 6.00. The molecule has 0 N–H and O–H groups in total. The lowest BCUT2D eigenvalue weighted by atomic mass is 9.83. The fourth-order valence-corrected chi connectivity index (χ4v) is 2.86. The van der Waals surface area contributed by atoms with E-state index in [4.69, 9.17) is 27.9 Å². The van der Waals surface area contributed by atoms with E-state index in [-0.39, 0.29) is 29.8 Å². The lowest BCUT2D eigenvalue weighted by Crippen LogP contribution is -2.26. The van der Waals surface area contributed by atoms with Gasteiger partial charge >= 0.3 is 0 Å². The second-order valence-corrected chi connectivity index (χ2v) is 5.74. The Kier molecular flexibility index (Phi) is 4.00. The van der Waals surface area contributed by atoms with Crippen LogP contribution in [0.25, 0.3) is 0 Å². The Morgan fingerprint density at radius 1 is 1.11 bits per heavy atom. The number of halogens is 2. The molecule has 0 saturated carbocycles. The Bertz CT molecular complexity index is 473. The largest absolute Gasteiger partial charge is 0.374 e. The second kappa shape index (κ2) is 5.20. The zero-order valence-electron chi connectivity index (χ0n) is 10.6. The van der Waals surface area contributed by atoms with Crippen molar-refractivity contribution in [1.82, 2.24) is 0 Å². The number of carbonyl (C=O) groups is 1. The van der Waals surface area contributed by atoms with Crippen LogP contribution in [0.15, 0.2) is 18.2 Å². The van der Waals surface area contributed by atoms with Crippen molar-refractivity contribution < 1.29 is 9.53 Å². The zero-order chi connectivity index (χ0) is 13.4. The summed E-state index contributed by atoms with van der Waals surface area (Å²) in [5, 5.41) is 0.875. The van der Waals surface area contributed by atoms with Crippen LogP contribution in [-0.4, -0.2) is 18.0 Å². The fourth-order valence-electron chi connectivity index (χ4n) is 2.56. The maximum Gasteiger partial charge on any atom is 0.168 e. The number of carbonyl (C=O) groups excluding carboxylic acids is 1. The number of benzene rings is 1. The van der Waals surface area contributed by atoms with E-state index in [9.17, 15) is 4.79 Å². The number of hydrogen-bond acceptors (Lipinski definition) is 2. The van der Waals surface area contributed by atoms with Crippen molar-refractivity contribution in [3.05, 3.63) is 33.8 Å². The minimum atomic E-state index is -0.114. The van der Waals surface area contributed by atoms with Crippen LogP contribution >= 0.6 is 23.2 Å². The number of ketones is 1. The van der Waals surface area contributed by atoms with Gasteiger partial charge in [-0.05, 0) is 38.0 Å². The molecule has 0 amide bonds. The molecule has 1 aliphatic heterocycles. The molecule has 1 fully saturated rings. The van der Waals surface area contributed by atoms with Gasteiger partial charge in [0.05, 0.1) is 28.2 Å². The quantitative estimate of drug-likeness (QED) is 0.761. The predicted molar refractivity (Wildman–Crippen MR) is 73.5 cm³/mol. The molecule has 4 unspecified atom stereocenters. The molecule has 18 heavy (non-hydrogen) atoms. The topological polar surface area (TPSA) is 26.3 Å². The van der Waals surface area contributed by atoms with Crippen LogP contribution in [-0.2, 0) is 4.74 Å². The van der Waals surface area contributed by atoms with Gasteiger partial charge in [-0.2, -0.15) is 0 Å². The highest BCUT2D eigenvalue weighted by Gasteiger charge is 2.41. The van der Waals surface area contributed by atoms with Crippen molar-refractivity contribution in [2.45, 2.75) is 33.0 Å². The van der Waals surface area contributed by atoms with E-state index in [0.29, 0.717) is 15.6 Å². The van der Waals surface area contributed by atoms with Crippen LogP contribution in [0, 0.1) is 11.8 Å². The Hall–Kier alpha value is -0.570. The van der Waals surface area contributed by atoms with Gasteiger partial charge in [-0.25, -0.2) is 0 Å². The Labute approximate surface area is 117 Å². The van der Waals surface area contributed by atoms with Crippen LogP contribution in [0.4, 0.5) is 0 Å². The van der Waals surface area contributed by atoms with Crippen molar-refractivity contribution in [3.8, 4) is 0 Å². The molecule has 2 nitrogen and oxygen atoms in total. The highest BCUT2D eigenvalue weighted by molar-refractivity contribution is 6.42. The molecule has 4 atom stereocenters. The Morgan fingerprint density at radius 3 is 2.28 bits per heavy atom. The van der Waals surface area contributed by atoms with Gasteiger partial charge in [0, 0.05) is 5.56 Å². The minimum absolute atomic E-state index is 0.0584. The van der Waals surface area contributed by atoms with E-state index in [1.165, 1.54) is 0 Å². The Balaban J connectivity index is 2.28. The van der Waals surface area contributed by atoms with Crippen molar-refractivity contribution in [2.75, 3.05) is 0 Å². The van der Waals surface area contributed by atoms with E-state index in [1.807, 2.05) is 20.8 Å². The van der Waals surface area contributed by atoms with Crippen LogP contribution in [0.5, 0.6) is 0 Å². The molecule has 1 aromatic carbocycles. The summed E-state index contributed by atoms with van der Waals surface area (Å²) < 4.78 is 5.70. The number of Topliss-reactive ketones (excluding diaryl/α,β-unsaturated/α-hetero) is 1. The third kappa shape index (κ3) is 2.42. The Morgan fingerprint density at radius 2 is 1.78 bits per heavy atom. The van der Waals surface area contributed by atoms with E-state index >= 15 is 0 Å². The first-order chi connectivity index (χ1) is 8.41. The average Bonchev–Trinajstić information content (AvgIpc) is 2.56. The molecule has 0 bridgehead atoms. The first-order valence-corrected chi connectivity index (χ1v) is 6.82. The van der Waals surface area contributed by atoms with Crippen LogP contribution in [0.1, 0.15) is 31.1 Å². The third-order valence-corrected chi connectivity index (χ3v) is 4.49. The highest BCUT2D eigenvalue weighted by Crippen LogP contribution is 2.35. The van der Waals surface area contributed by atoms with Gasteiger partial charge in [0.25, 0.3) is 0 Å². The van der Waals surface area contributed by atoms with Crippen molar-refractivity contribution in [3.63, 3.8) is 0 Å². The summed E-state index contributed by atoms with van der Waals surface area (Å²) in [4.78, 5) is 12.5. The summed E-state index contributed by atoms with van der Waals surface area (Å²) in [7, 11) is 0. The first kappa shape index (κ1) is 13.9. The third-order valence-electron chi connectivity index (χ3n) is 3.75. The molecule has 0 aromatic heterocycles. The molecule has 2 rings (SSSR count). The lowest BCUT2D eigenvalue weighted by Gasteiger charge is -2.17. The SMILES string of the molecule is CC1OC(C)C(C(=O)c2ccc(Cl)c(Cl)c2)C1C. The lowest BCUT2D eigenvalue weighted by molar-refractivity contribution is 0.0491. The van der Waals surface area contributed by atoms with E-state index in [0.717, 1.165) is 0 Å². The summed E-state index contributed by atoms with van der Waals surface area (Å²) in [5.74, 6) is 0.178. The molecule has 0 spiro atoms. The van der Waals surface area contributed by atoms with Gasteiger partial charge in [-0.3, -0.25) is 4.79 Å². The van der Waals surface area contributed by atoms with E-state index < -0.39 is 0 Å². The molecule has 0 aliphatic carbocycles. The molecular weight excluding hydrogens is 271 g/mol. The molecule has 1 saturated heterocycles. The van der Waals surface area contributed by atoms with Gasteiger partial charge in [-0.15, -0.1) is 0 Å². The highest BCUT2D eigenvalue weighted by atomic mass is 35.5. The fraction of sp³-hybridized carbons (Fsp3) is 0.500. The van der Waals surface area contributed by atoms with Crippen molar-refractivity contribution >= 4 is 29.0 Å². The second-order valence-electron chi connectivity index (χ2n) is 4.92. The molecule has 1 aliphatic rings. The average molecular weight is 287 g/mol. The van der Waals surface area contributed by atoms with Gasteiger partial charge in [-0.1, -0.05) is 30.1 Å². The summed E-state index contributed by atoms with van der Waals surface area (Å²) >= 11 is 11.8. The number of rotatable bonds is 2. The number of hydrogen-bond donors (Lipinski definition) is 0. The van der Waals surface area contributed by atoms with Gasteiger partial charge in [0.15, 0.2) is 5.78 Å². The van der Waals surface area contributed by atoms with Crippen LogP contribution in [0.2, 0.25) is 10.0 Å². The van der Waals surface area contributed by atoms with Crippen LogP contribution < -0.4 is 0 Å². The molecule has 0 radical (unpaired) electrons.